The molecule has 0 saturated heterocycles. The van der Waals surface area contributed by atoms with Crippen LogP contribution in [0.1, 0.15) is 45.3 Å². The fourth-order valence-electron chi connectivity index (χ4n) is 1.82. The number of rotatable bonds is 8. The van der Waals surface area contributed by atoms with Crippen molar-refractivity contribution in [3.05, 3.63) is 18.2 Å². The number of carbonyl (C=O) groups is 1. The average Bonchev–Trinajstić information content (AvgIpc) is 2.79. The smallest absolute Gasteiger partial charge is 0.329 e. The Morgan fingerprint density at radius 2 is 2.22 bits per heavy atom. The summed E-state index contributed by atoms with van der Waals surface area (Å²) in [6, 6.07) is -0.418. The molecule has 0 aliphatic carbocycles. The minimum absolute atomic E-state index is 0.233. The summed E-state index contributed by atoms with van der Waals surface area (Å²) in [5.41, 5.74) is 0.878. The highest BCUT2D eigenvalue weighted by Gasteiger charge is 2.24. The minimum atomic E-state index is -0.418. The number of nitrogens with zero attached hydrogens (tertiary/aromatic N) is 2. The van der Waals surface area contributed by atoms with Crippen LogP contribution >= 0.6 is 0 Å². The SMILES string of the molecule is CCCNC(C(=O)OCC)c1cncn1CCC. The van der Waals surface area contributed by atoms with Crippen LogP contribution in [0.15, 0.2) is 12.5 Å². The second-order valence-corrected chi connectivity index (χ2v) is 4.15. The standard InChI is InChI=1S/C13H23N3O2/c1-4-7-15-12(13(17)18-6-3)11-9-14-10-16(11)8-5-2/h9-10,12,15H,4-8H2,1-3H3. The molecule has 5 nitrogen and oxygen atoms in total. The van der Waals surface area contributed by atoms with Gasteiger partial charge in [-0.3, -0.25) is 5.32 Å². The summed E-state index contributed by atoms with van der Waals surface area (Å²) in [7, 11) is 0. The summed E-state index contributed by atoms with van der Waals surface area (Å²) in [6.45, 7) is 8.02. The average molecular weight is 253 g/mol. The quantitative estimate of drug-likeness (QED) is 0.719. The van der Waals surface area contributed by atoms with Crippen LogP contribution in [0.2, 0.25) is 0 Å². The van der Waals surface area contributed by atoms with Crippen LogP contribution < -0.4 is 5.32 Å². The molecule has 1 N–H and O–H groups in total. The van der Waals surface area contributed by atoms with Gasteiger partial charge in [-0.25, -0.2) is 9.78 Å². The summed E-state index contributed by atoms with van der Waals surface area (Å²) >= 11 is 0. The van der Waals surface area contributed by atoms with Crippen molar-refractivity contribution in [1.29, 1.82) is 0 Å². The summed E-state index contributed by atoms with van der Waals surface area (Å²) < 4.78 is 7.12. The molecule has 0 saturated carbocycles. The Hall–Kier alpha value is -1.36. The number of nitrogens with one attached hydrogen (secondary N) is 1. The number of hydrogen-bond donors (Lipinski definition) is 1. The Morgan fingerprint density at radius 3 is 2.83 bits per heavy atom. The summed E-state index contributed by atoms with van der Waals surface area (Å²) in [5.74, 6) is -0.233. The Balaban J connectivity index is 2.86. The molecule has 1 unspecified atom stereocenters. The van der Waals surface area contributed by atoms with Crippen molar-refractivity contribution < 1.29 is 9.53 Å². The first kappa shape index (κ1) is 14.7. The molecule has 1 heterocycles. The van der Waals surface area contributed by atoms with Gasteiger partial charge < -0.3 is 9.30 Å². The van der Waals surface area contributed by atoms with Crippen molar-refractivity contribution in [2.75, 3.05) is 13.2 Å². The van der Waals surface area contributed by atoms with Gasteiger partial charge in [0, 0.05) is 6.54 Å². The van der Waals surface area contributed by atoms with Gasteiger partial charge in [0.05, 0.1) is 24.8 Å². The Bertz CT molecular complexity index is 363. The molecule has 0 spiro atoms. The molecule has 0 radical (unpaired) electrons. The van der Waals surface area contributed by atoms with Crippen molar-refractivity contribution in [3.8, 4) is 0 Å². The molecule has 0 aromatic carbocycles. The normalized spacial score (nSPS) is 12.4. The molecule has 1 aromatic heterocycles. The van der Waals surface area contributed by atoms with E-state index in [2.05, 4.69) is 24.1 Å². The monoisotopic (exact) mass is 253 g/mol. The molecular weight excluding hydrogens is 230 g/mol. The second kappa shape index (κ2) is 7.87. The number of imidazole rings is 1. The summed E-state index contributed by atoms with van der Waals surface area (Å²) in [6.07, 6.45) is 5.48. The molecule has 1 atom stereocenters. The Kier molecular flexibility index (Phi) is 6.43. The van der Waals surface area contributed by atoms with Crippen LogP contribution in [0, 0.1) is 0 Å². The first-order chi connectivity index (χ1) is 8.74. The van der Waals surface area contributed by atoms with E-state index in [4.69, 9.17) is 4.74 Å². The molecule has 5 heteroatoms. The summed E-state index contributed by atoms with van der Waals surface area (Å²) in [4.78, 5) is 16.1. The van der Waals surface area contributed by atoms with Gasteiger partial charge in [0.1, 0.15) is 6.04 Å². The van der Waals surface area contributed by atoms with Crippen LogP contribution in [0.3, 0.4) is 0 Å². The van der Waals surface area contributed by atoms with Crippen LogP contribution in [0.5, 0.6) is 0 Å². The maximum absolute atomic E-state index is 12.0. The zero-order chi connectivity index (χ0) is 13.4. The third kappa shape index (κ3) is 3.84. The molecule has 0 aliphatic rings. The van der Waals surface area contributed by atoms with E-state index < -0.39 is 6.04 Å². The fraction of sp³-hybridized carbons (Fsp3) is 0.692. The number of aromatic nitrogens is 2. The molecule has 0 bridgehead atoms. The van der Waals surface area contributed by atoms with E-state index in [9.17, 15) is 4.79 Å². The molecule has 0 aliphatic heterocycles. The lowest BCUT2D eigenvalue weighted by atomic mass is 10.2. The van der Waals surface area contributed by atoms with E-state index >= 15 is 0 Å². The van der Waals surface area contributed by atoms with Gasteiger partial charge in [-0.2, -0.15) is 0 Å². The van der Waals surface area contributed by atoms with E-state index in [1.165, 1.54) is 0 Å². The molecule has 18 heavy (non-hydrogen) atoms. The van der Waals surface area contributed by atoms with Gasteiger partial charge >= 0.3 is 5.97 Å². The third-order valence-electron chi connectivity index (χ3n) is 2.63. The first-order valence-corrected chi connectivity index (χ1v) is 6.64. The van der Waals surface area contributed by atoms with Gasteiger partial charge in [0.25, 0.3) is 0 Å². The van der Waals surface area contributed by atoms with Crippen molar-refractivity contribution >= 4 is 5.97 Å². The van der Waals surface area contributed by atoms with Gasteiger partial charge in [0.15, 0.2) is 0 Å². The second-order valence-electron chi connectivity index (χ2n) is 4.15. The van der Waals surface area contributed by atoms with Gasteiger partial charge in [0.2, 0.25) is 0 Å². The van der Waals surface area contributed by atoms with Crippen molar-refractivity contribution in [2.45, 2.75) is 46.2 Å². The molecule has 0 amide bonds. The summed E-state index contributed by atoms with van der Waals surface area (Å²) in [5, 5.41) is 3.22. The highest BCUT2D eigenvalue weighted by molar-refractivity contribution is 5.77. The minimum Gasteiger partial charge on any atom is -0.465 e. The topological polar surface area (TPSA) is 56.1 Å². The number of aryl methyl sites for hydroxylation is 1. The Labute approximate surface area is 109 Å². The van der Waals surface area contributed by atoms with Gasteiger partial charge in [-0.05, 0) is 26.3 Å². The number of hydrogen-bond acceptors (Lipinski definition) is 4. The van der Waals surface area contributed by atoms with Crippen molar-refractivity contribution in [1.82, 2.24) is 14.9 Å². The lowest BCUT2D eigenvalue weighted by molar-refractivity contribution is -0.146. The van der Waals surface area contributed by atoms with Gasteiger partial charge in [-0.15, -0.1) is 0 Å². The maximum Gasteiger partial charge on any atom is 0.329 e. The highest BCUT2D eigenvalue weighted by Crippen LogP contribution is 2.15. The molecule has 1 aromatic rings. The van der Waals surface area contributed by atoms with Crippen LogP contribution in [-0.4, -0.2) is 28.7 Å². The number of carbonyl (C=O) groups excluding carboxylic acids is 1. The first-order valence-electron chi connectivity index (χ1n) is 6.64. The third-order valence-corrected chi connectivity index (χ3v) is 2.63. The molecule has 0 fully saturated rings. The predicted molar refractivity (Wildman–Crippen MR) is 70.2 cm³/mol. The fourth-order valence-corrected chi connectivity index (χ4v) is 1.82. The van der Waals surface area contributed by atoms with E-state index in [0.717, 1.165) is 31.6 Å². The molecule has 102 valence electrons. The van der Waals surface area contributed by atoms with Crippen molar-refractivity contribution in [2.24, 2.45) is 0 Å². The Morgan fingerprint density at radius 1 is 1.44 bits per heavy atom. The van der Waals surface area contributed by atoms with Crippen molar-refractivity contribution in [3.63, 3.8) is 0 Å². The number of esters is 1. The van der Waals surface area contributed by atoms with Crippen LogP contribution in [0.4, 0.5) is 0 Å². The predicted octanol–water partition coefficient (Wildman–Crippen LogP) is 1.90. The van der Waals surface area contributed by atoms with Crippen LogP contribution in [0.25, 0.3) is 0 Å². The molecular formula is C13H23N3O2. The lowest BCUT2D eigenvalue weighted by Crippen LogP contribution is -2.32. The maximum atomic E-state index is 12.0. The van der Waals surface area contributed by atoms with E-state index in [1.54, 1.807) is 12.5 Å². The lowest BCUT2D eigenvalue weighted by Gasteiger charge is -2.18. The zero-order valence-electron chi connectivity index (χ0n) is 11.5. The van der Waals surface area contributed by atoms with Crippen LogP contribution in [-0.2, 0) is 16.1 Å². The van der Waals surface area contributed by atoms with Gasteiger partial charge in [-0.1, -0.05) is 13.8 Å². The number of ether oxygens (including phenoxy) is 1. The van der Waals surface area contributed by atoms with E-state index in [-0.39, 0.29) is 5.97 Å². The zero-order valence-corrected chi connectivity index (χ0v) is 11.5. The highest BCUT2D eigenvalue weighted by atomic mass is 16.5. The largest absolute Gasteiger partial charge is 0.465 e. The molecule has 1 rings (SSSR count). The van der Waals surface area contributed by atoms with E-state index in [1.807, 2.05) is 11.5 Å². The van der Waals surface area contributed by atoms with E-state index in [0.29, 0.717) is 6.61 Å².